The smallest absolute Gasteiger partial charge is 0.258 e. The SMILES string of the molecule is O=C(COc1ccccc1)NC1CCc2c([nH]c3ccccc23)C1. The molecule has 0 saturated heterocycles. The maximum Gasteiger partial charge on any atom is 0.258 e. The van der Waals surface area contributed by atoms with Gasteiger partial charge in [-0.2, -0.15) is 0 Å². The minimum absolute atomic E-state index is 0.0556. The molecular formula is C20H20N2O2. The summed E-state index contributed by atoms with van der Waals surface area (Å²) in [7, 11) is 0. The van der Waals surface area contributed by atoms with Crippen molar-refractivity contribution in [2.24, 2.45) is 0 Å². The number of carbonyl (C=O) groups is 1. The van der Waals surface area contributed by atoms with E-state index in [9.17, 15) is 4.79 Å². The van der Waals surface area contributed by atoms with E-state index in [2.05, 4.69) is 28.5 Å². The molecule has 0 spiro atoms. The lowest BCUT2D eigenvalue weighted by Gasteiger charge is -2.23. The fourth-order valence-corrected chi connectivity index (χ4v) is 3.44. The molecule has 4 heteroatoms. The van der Waals surface area contributed by atoms with Crippen molar-refractivity contribution in [3.63, 3.8) is 0 Å². The fourth-order valence-electron chi connectivity index (χ4n) is 3.44. The van der Waals surface area contributed by atoms with Crippen LogP contribution in [-0.2, 0) is 17.6 Å². The van der Waals surface area contributed by atoms with E-state index < -0.39 is 0 Å². The van der Waals surface area contributed by atoms with E-state index in [-0.39, 0.29) is 18.6 Å². The number of benzene rings is 2. The zero-order chi connectivity index (χ0) is 16.4. The fraction of sp³-hybridized carbons (Fsp3) is 0.250. The molecule has 0 fully saturated rings. The summed E-state index contributed by atoms with van der Waals surface area (Å²) in [6.45, 7) is 0.0556. The van der Waals surface area contributed by atoms with E-state index in [0.29, 0.717) is 5.75 Å². The summed E-state index contributed by atoms with van der Waals surface area (Å²) in [6, 6.07) is 18.0. The largest absolute Gasteiger partial charge is 0.484 e. The van der Waals surface area contributed by atoms with Crippen LogP contribution in [0, 0.1) is 0 Å². The van der Waals surface area contributed by atoms with Crippen LogP contribution in [0.3, 0.4) is 0 Å². The molecule has 122 valence electrons. The second-order valence-corrected chi connectivity index (χ2v) is 6.24. The van der Waals surface area contributed by atoms with Crippen LogP contribution in [0.25, 0.3) is 10.9 Å². The molecule has 2 aromatic carbocycles. The number of fused-ring (bicyclic) bond motifs is 3. The zero-order valence-corrected chi connectivity index (χ0v) is 13.4. The Hall–Kier alpha value is -2.75. The van der Waals surface area contributed by atoms with Crippen molar-refractivity contribution >= 4 is 16.8 Å². The average molecular weight is 320 g/mol. The van der Waals surface area contributed by atoms with Gasteiger partial charge in [-0.05, 0) is 36.6 Å². The second-order valence-electron chi connectivity index (χ2n) is 6.24. The maximum atomic E-state index is 12.1. The van der Waals surface area contributed by atoms with Crippen LogP contribution in [-0.4, -0.2) is 23.5 Å². The first-order chi connectivity index (χ1) is 11.8. The third-order valence-corrected chi connectivity index (χ3v) is 4.57. The van der Waals surface area contributed by atoms with Gasteiger partial charge < -0.3 is 15.0 Å². The topological polar surface area (TPSA) is 54.1 Å². The number of carbonyl (C=O) groups excluding carboxylic acids is 1. The first-order valence-corrected chi connectivity index (χ1v) is 8.35. The summed E-state index contributed by atoms with van der Waals surface area (Å²) in [5.41, 5.74) is 3.83. The Morgan fingerprint density at radius 3 is 2.79 bits per heavy atom. The summed E-state index contributed by atoms with van der Waals surface area (Å²) in [4.78, 5) is 15.6. The molecule has 0 saturated carbocycles. The molecule has 24 heavy (non-hydrogen) atoms. The van der Waals surface area contributed by atoms with Crippen LogP contribution in [0.15, 0.2) is 54.6 Å². The van der Waals surface area contributed by atoms with E-state index in [1.54, 1.807) is 0 Å². The van der Waals surface area contributed by atoms with E-state index in [1.807, 2.05) is 36.4 Å². The van der Waals surface area contributed by atoms with Crippen LogP contribution < -0.4 is 10.1 Å². The van der Waals surface area contributed by atoms with E-state index in [4.69, 9.17) is 4.74 Å². The van der Waals surface area contributed by atoms with Crippen molar-refractivity contribution in [1.29, 1.82) is 0 Å². The highest BCUT2D eigenvalue weighted by Gasteiger charge is 2.23. The van der Waals surface area contributed by atoms with Gasteiger partial charge in [-0.3, -0.25) is 4.79 Å². The van der Waals surface area contributed by atoms with Gasteiger partial charge in [0.1, 0.15) is 5.75 Å². The molecule has 3 aromatic rings. The normalized spacial score (nSPS) is 16.6. The molecular weight excluding hydrogens is 300 g/mol. The summed E-state index contributed by atoms with van der Waals surface area (Å²) in [5, 5.41) is 4.40. The minimum atomic E-state index is -0.0663. The highest BCUT2D eigenvalue weighted by Crippen LogP contribution is 2.28. The molecule has 4 nitrogen and oxygen atoms in total. The van der Waals surface area contributed by atoms with Crippen molar-refractivity contribution < 1.29 is 9.53 Å². The number of nitrogens with one attached hydrogen (secondary N) is 2. The van der Waals surface area contributed by atoms with Crippen LogP contribution in [0.1, 0.15) is 17.7 Å². The third kappa shape index (κ3) is 3.00. The van der Waals surface area contributed by atoms with E-state index >= 15 is 0 Å². The molecule has 2 N–H and O–H groups in total. The second kappa shape index (κ2) is 6.40. The molecule has 0 aliphatic heterocycles. The summed E-state index contributed by atoms with van der Waals surface area (Å²) in [6.07, 6.45) is 2.80. The standard InChI is InChI=1S/C20H20N2O2/c23-20(13-24-15-6-2-1-3-7-15)21-14-10-11-17-16-8-4-5-9-18(16)22-19(17)12-14/h1-9,14,22H,10-13H2,(H,21,23). The average Bonchev–Trinajstić information content (AvgIpc) is 2.98. The lowest BCUT2D eigenvalue weighted by Crippen LogP contribution is -2.41. The minimum Gasteiger partial charge on any atom is -0.484 e. The number of aromatic amines is 1. The van der Waals surface area contributed by atoms with Crippen molar-refractivity contribution in [3.05, 3.63) is 65.9 Å². The van der Waals surface area contributed by atoms with Crippen molar-refractivity contribution in [2.45, 2.75) is 25.3 Å². The van der Waals surface area contributed by atoms with Gasteiger partial charge in [0.25, 0.3) is 5.91 Å². The summed E-state index contributed by atoms with van der Waals surface area (Å²) < 4.78 is 5.51. The number of rotatable bonds is 4. The summed E-state index contributed by atoms with van der Waals surface area (Å²) >= 11 is 0. The Balaban J connectivity index is 1.37. The predicted octanol–water partition coefficient (Wildman–Crippen LogP) is 3.22. The van der Waals surface area contributed by atoms with Gasteiger partial charge in [-0.1, -0.05) is 36.4 Å². The number of H-pyrrole nitrogens is 1. The lowest BCUT2D eigenvalue weighted by atomic mass is 9.92. The van der Waals surface area contributed by atoms with E-state index in [0.717, 1.165) is 19.3 Å². The van der Waals surface area contributed by atoms with Crippen LogP contribution in [0.2, 0.25) is 0 Å². The highest BCUT2D eigenvalue weighted by molar-refractivity contribution is 5.85. The highest BCUT2D eigenvalue weighted by atomic mass is 16.5. The molecule has 1 aromatic heterocycles. The van der Waals surface area contributed by atoms with Crippen molar-refractivity contribution in [3.8, 4) is 5.75 Å². The monoisotopic (exact) mass is 320 g/mol. The molecule has 4 rings (SSSR count). The number of ether oxygens (including phenoxy) is 1. The van der Waals surface area contributed by atoms with E-state index in [1.165, 1.54) is 22.2 Å². The Morgan fingerprint density at radius 1 is 1.12 bits per heavy atom. The molecule has 0 radical (unpaired) electrons. The number of aromatic nitrogens is 1. The number of hydrogen-bond acceptors (Lipinski definition) is 2. The quantitative estimate of drug-likeness (QED) is 0.775. The predicted molar refractivity (Wildman–Crippen MR) is 94.2 cm³/mol. The maximum absolute atomic E-state index is 12.1. The number of amides is 1. The third-order valence-electron chi connectivity index (χ3n) is 4.57. The molecule has 1 unspecified atom stereocenters. The molecule has 0 bridgehead atoms. The molecule has 1 amide bonds. The van der Waals surface area contributed by atoms with Crippen LogP contribution in [0.5, 0.6) is 5.75 Å². The first kappa shape index (κ1) is 14.8. The van der Waals surface area contributed by atoms with Gasteiger partial charge in [0.05, 0.1) is 0 Å². The number of aryl methyl sites for hydroxylation is 1. The van der Waals surface area contributed by atoms with Gasteiger partial charge in [0.2, 0.25) is 0 Å². The van der Waals surface area contributed by atoms with Gasteiger partial charge in [0, 0.05) is 29.1 Å². The van der Waals surface area contributed by atoms with Crippen LogP contribution >= 0.6 is 0 Å². The number of para-hydroxylation sites is 2. The Morgan fingerprint density at radius 2 is 1.92 bits per heavy atom. The van der Waals surface area contributed by atoms with Gasteiger partial charge in [-0.15, -0.1) is 0 Å². The van der Waals surface area contributed by atoms with Gasteiger partial charge in [0.15, 0.2) is 6.61 Å². The molecule has 1 aliphatic rings. The molecule has 1 heterocycles. The Bertz CT molecular complexity index is 854. The number of hydrogen-bond donors (Lipinski definition) is 2. The summed E-state index contributed by atoms with van der Waals surface area (Å²) in [5.74, 6) is 0.651. The lowest BCUT2D eigenvalue weighted by molar-refractivity contribution is -0.123. The van der Waals surface area contributed by atoms with Gasteiger partial charge in [-0.25, -0.2) is 0 Å². The van der Waals surface area contributed by atoms with Crippen molar-refractivity contribution in [1.82, 2.24) is 10.3 Å². The Kier molecular flexibility index (Phi) is 3.95. The first-order valence-electron chi connectivity index (χ1n) is 8.35. The molecule has 1 atom stereocenters. The van der Waals surface area contributed by atoms with Gasteiger partial charge >= 0.3 is 0 Å². The van der Waals surface area contributed by atoms with Crippen molar-refractivity contribution in [2.75, 3.05) is 6.61 Å². The zero-order valence-electron chi connectivity index (χ0n) is 13.4. The Labute approximate surface area is 140 Å². The molecule has 1 aliphatic carbocycles. The van der Waals surface area contributed by atoms with Crippen LogP contribution in [0.4, 0.5) is 0 Å².